The molecule has 0 amide bonds. The maximum atomic E-state index is 3.76. The lowest BCUT2D eigenvalue weighted by Crippen LogP contribution is -2.77. The van der Waals surface area contributed by atoms with E-state index in [0.29, 0.717) is 0 Å². The van der Waals surface area contributed by atoms with Gasteiger partial charge in [0.05, 0.1) is 0 Å². The topological polar surface area (TPSA) is 24.1 Å². The highest BCUT2D eigenvalue weighted by Gasteiger charge is 2.36. The average Bonchev–Trinajstić information content (AvgIpc) is 2.49. The SMILES string of the molecule is CCN[Si](NCC)(c1ccccc1)c1ccccc1. The second kappa shape index (κ2) is 6.66. The first-order valence-electron chi connectivity index (χ1n) is 6.94. The van der Waals surface area contributed by atoms with Crippen molar-refractivity contribution in [2.24, 2.45) is 0 Å². The van der Waals surface area contributed by atoms with Gasteiger partial charge in [0, 0.05) is 0 Å². The zero-order chi connectivity index (χ0) is 13.6. The van der Waals surface area contributed by atoms with E-state index in [1.165, 1.54) is 10.4 Å². The van der Waals surface area contributed by atoms with E-state index in [-0.39, 0.29) is 0 Å². The molecule has 0 aliphatic carbocycles. The largest absolute Gasteiger partial charge is 0.319 e. The first-order valence-corrected chi connectivity index (χ1v) is 8.94. The molecule has 2 aromatic carbocycles. The summed E-state index contributed by atoms with van der Waals surface area (Å²) in [6.45, 7) is 6.27. The van der Waals surface area contributed by atoms with Gasteiger partial charge in [-0.05, 0) is 23.5 Å². The quantitative estimate of drug-likeness (QED) is 0.777. The number of hydrogen-bond donors (Lipinski definition) is 2. The Morgan fingerprint density at radius 3 is 1.37 bits per heavy atom. The van der Waals surface area contributed by atoms with Crippen LogP contribution in [0.2, 0.25) is 0 Å². The summed E-state index contributed by atoms with van der Waals surface area (Å²) < 4.78 is 0. The predicted molar refractivity (Wildman–Crippen MR) is 85.3 cm³/mol. The van der Waals surface area contributed by atoms with Crippen molar-refractivity contribution < 1.29 is 0 Å². The van der Waals surface area contributed by atoms with Gasteiger partial charge in [-0.2, -0.15) is 0 Å². The van der Waals surface area contributed by atoms with Crippen LogP contribution in [0.3, 0.4) is 0 Å². The Hall–Kier alpha value is -1.42. The normalized spacial score (nSPS) is 11.5. The molecule has 0 spiro atoms. The van der Waals surface area contributed by atoms with Gasteiger partial charge in [0.25, 0.3) is 8.40 Å². The summed E-state index contributed by atoms with van der Waals surface area (Å²) in [6.07, 6.45) is 0. The predicted octanol–water partition coefficient (Wildman–Crippen LogP) is 1.46. The van der Waals surface area contributed by atoms with Crippen molar-refractivity contribution in [3.8, 4) is 0 Å². The summed E-state index contributed by atoms with van der Waals surface area (Å²) >= 11 is 0. The van der Waals surface area contributed by atoms with Crippen LogP contribution in [-0.4, -0.2) is 21.5 Å². The number of rotatable bonds is 6. The molecule has 2 aromatic rings. The van der Waals surface area contributed by atoms with Crippen molar-refractivity contribution in [1.82, 2.24) is 9.96 Å². The minimum absolute atomic E-state index is 0.961. The minimum Gasteiger partial charge on any atom is -0.319 e. The standard InChI is InChI=1S/C16H22N2Si/c1-3-17-19(18-4-2,15-11-7-5-8-12-15)16-13-9-6-10-14-16/h5-14,17-18H,3-4H2,1-2H3. The van der Waals surface area contributed by atoms with Gasteiger partial charge in [0.15, 0.2) is 0 Å². The first kappa shape index (κ1) is 14.0. The fourth-order valence-electron chi connectivity index (χ4n) is 2.54. The summed E-state index contributed by atoms with van der Waals surface area (Å²) in [5.74, 6) is 0. The van der Waals surface area contributed by atoms with Crippen LogP contribution in [0.4, 0.5) is 0 Å². The van der Waals surface area contributed by atoms with Gasteiger partial charge in [0.2, 0.25) is 0 Å². The number of hydrogen-bond acceptors (Lipinski definition) is 2. The maximum absolute atomic E-state index is 3.76. The van der Waals surface area contributed by atoms with Crippen molar-refractivity contribution in [2.75, 3.05) is 13.1 Å². The minimum atomic E-state index is -2.05. The molecule has 0 atom stereocenters. The van der Waals surface area contributed by atoms with Crippen molar-refractivity contribution >= 4 is 18.8 Å². The van der Waals surface area contributed by atoms with E-state index < -0.39 is 8.40 Å². The summed E-state index contributed by atoms with van der Waals surface area (Å²) in [7, 11) is -2.05. The van der Waals surface area contributed by atoms with Gasteiger partial charge in [-0.3, -0.25) is 0 Å². The molecule has 2 rings (SSSR count). The van der Waals surface area contributed by atoms with Crippen molar-refractivity contribution in [2.45, 2.75) is 13.8 Å². The van der Waals surface area contributed by atoms with E-state index in [2.05, 4.69) is 84.5 Å². The Labute approximate surface area is 117 Å². The van der Waals surface area contributed by atoms with Gasteiger partial charge in [-0.25, -0.2) is 0 Å². The Kier molecular flexibility index (Phi) is 4.91. The van der Waals surface area contributed by atoms with Crippen molar-refractivity contribution in [1.29, 1.82) is 0 Å². The number of nitrogens with one attached hydrogen (secondary N) is 2. The Morgan fingerprint density at radius 1 is 0.684 bits per heavy atom. The Bertz CT molecular complexity index is 437. The fourth-order valence-corrected chi connectivity index (χ4v) is 6.26. The molecule has 3 heteroatoms. The van der Waals surface area contributed by atoms with Gasteiger partial charge in [-0.15, -0.1) is 0 Å². The summed E-state index contributed by atoms with van der Waals surface area (Å²) in [6, 6.07) is 21.5. The first-order chi connectivity index (χ1) is 9.33. The highest BCUT2D eigenvalue weighted by atomic mass is 28.3. The van der Waals surface area contributed by atoms with Crippen molar-refractivity contribution in [3.05, 3.63) is 60.7 Å². The maximum Gasteiger partial charge on any atom is 0.267 e. The van der Waals surface area contributed by atoms with Crippen LogP contribution in [0.15, 0.2) is 60.7 Å². The second-order valence-corrected chi connectivity index (χ2v) is 7.90. The molecule has 0 unspecified atom stereocenters. The third-order valence-electron chi connectivity index (χ3n) is 3.30. The van der Waals surface area contributed by atoms with Gasteiger partial charge < -0.3 is 9.96 Å². The van der Waals surface area contributed by atoms with E-state index in [9.17, 15) is 0 Å². The molecule has 0 aliphatic rings. The molecule has 0 aromatic heterocycles. The molecule has 0 bridgehead atoms. The molecule has 0 radical (unpaired) electrons. The van der Waals surface area contributed by atoms with Gasteiger partial charge in [0.1, 0.15) is 0 Å². The van der Waals surface area contributed by atoms with Crippen LogP contribution in [0.1, 0.15) is 13.8 Å². The lowest BCUT2D eigenvalue weighted by Gasteiger charge is -2.33. The average molecular weight is 270 g/mol. The van der Waals surface area contributed by atoms with Gasteiger partial charge in [-0.1, -0.05) is 74.5 Å². The van der Waals surface area contributed by atoms with E-state index in [4.69, 9.17) is 0 Å². The smallest absolute Gasteiger partial charge is 0.267 e. The third kappa shape index (κ3) is 2.95. The number of benzene rings is 2. The molecule has 0 heterocycles. The molecule has 0 fully saturated rings. The Morgan fingerprint density at radius 2 is 1.05 bits per heavy atom. The molecule has 100 valence electrons. The lowest BCUT2D eigenvalue weighted by molar-refractivity contribution is 0.885. The molecular weight excluding hydrogens is 248 g/mol. The second-order valence-electron chi connectivity index (χ2n) is 4.54. The highest BCUT2D eigenvalue weighted by molar-refractivity contribution is 6.98. The summed E-state index contributed by atoms with van der Waals surface area (Å²) in [5, 5.41) is 2.76. The van der Waals surface area contributed by atoms with Crippen LogP contribution in [0.25, 0.3) is 0 Å². The van der Waals surface area contributed by atoms with E-state index in [1.807, 2.05) is 0 Å². The monoisotopic (exact) mass is 270 g/mol. The summed E-state index contributed by atoms with van der Waals surface area (Å²) in [5.41, 5.74) is 0. The zero-order valence-corrected chi connectivity index (χ0v) is 12.7. The zero-order valence-electron chi connectivity index (χ0n) is 11.7. The highest BCUT2D eigenvalue weighted by Crippen LogP contribution is 1.99. The van der Waals surface area contributed by atoms with Crippen molar-refractivity contribution in [3.63, 3.8) is 0 Å². The molecule has 0 saturated carbocycles. The molecule has 19 heavy (non-hydrogen) atoms. The van der Waals surface area contributed by atoms with Crippen LogP contribution in [-0.2, 0) is 0 Å². The Balaban J connectivity index is 2.54. The molecule has 0 aliphatic heterocycles. The summed E-state index contributed by atoms with van der Waals surface area (Å²) in [4.78, 5) is 7.51. The lowest BCUT2D eigenvalue weighted by atomic mass is 10.4. The van der Waals surface area contributed by atoms with Crippen LogP contribution >= 0.6 is 0 Å². The third-order valence-corrected chi connectivity index (χ3v) is 7.46. The van der Waals surface area contributed by atoms with Gasteiger partial charge >= 0.3 is 0 Å². The van der Waals surface area contributed by atoms with Crippen LogP contribution < -0.4 is 20.3 Å². The van der Waals surface area contributed by atoms with E-state index in [0.717, 1.165) is 13.1 Å². The molecule has 2 nitrogen and oxygen atoms in total. The van der Waals surface area contributed by atoms with Crippen LogP contribution in [0, 0.1) is 0 Å². The fraction of sp³-hybridized carbons (Fsp3) is 0.250. The van der Waals surface area contributed by atoms with E-state index in [1.54, 1.807) is 0 Å². The molecule has 2 N–H and O–H groups in total. The molecule has 0 saturated heterocycles. The van der Waals surface area contributed by atoms with Crippen LogP contribution in [0.5, 0.6) is 0 Å². The molecular formula is C16H22N2Si. The van der Waals surface area contributed by atoms with E-state index >= 15 is 0 Å².